The molecule has 0 saturated carbocycles. The van der Waals surface area contributed by atoms with Gasteiger partial charge < -0.3 is 4.74 Å². The number of Topliss-reactive ketones (excluding diaryl/α,β-unsaturated/α-hetero) is 1. The molecule has 2 heteroatoms. The van der Waals surface area contributed by atoms with Crippen LogP contribution in [0.3, 0.4) is 0 Å². The molecule has 0 aliphatic carbocycles. The third-order valence-corrected chi connectivity index (χ3v) is 3.48. The average molecular weight is 264 g/mol. The number of benzene rings is 2. The van der Waals surface area contributed by atoms with Crippen molar-refractivity contribution in [1.82, 2.24) is 0 Å². The molecule has 1 heterocycles. The molecule has 0 unspecified atom stereocenters. The number of carbonyl (C=O) groups is 1. The number of ketones is 1. The second kappa shape index (κ2) is 5.74. The smallest absolute Gasteiger partial charge is 0.174 e. The van der Waals surface area contributed by atoms with Crippen LogP contribution in [0, 0.1) is 0 Å². The molecular weight excluding hydrogens is 248 g/mol. The fourth-order valence-electron chi connectivity index (χ4n) is 2.51. The normalized spacial score (nSPS) is 14.8. The lowest BCUT2D eigenvalue weighted by Crippen LogP contribution is -2.17. The lowest BCUT2D eigenvalue weighted by atomic mass is 9.88. The lowest BCUT2D eigenvalue weighted by molar-refractivity contribution is -0.122. The molecule has 20 heavy (non-hydrogen) atoms. The van der Waals surface area contributed by atoms with Gasteiger partial charge in [-0.1, -0.05) is 60.7 Å². The van der Waals surface area contributed by atoms with Gasteiger partial charge in [-0.05, 0) is 17.2 Å². The molecule has 2 aromatic carbocycles. The van der Waals surface area contributed by atoms with Crippen LogP contribution in [0.5, 0.6) is 0 Å². The topological polar surface area (TPSA) is 26.3 Å². The summed E-state index contributed by atoms with van der Waals surface area (Å²) < 4.78 is 5.67. The largest absolute Gasteiger partial charge is 0.489 e. The standard InChI is InChI=1S/C18H16O2/c19-16-11-12-17(20-13-16)18(14-7-3-1-4-8-14)15-9-5-2-6-10-15/h1-10,12,18H,11,13H2. The SMILES string of the molecule is O=C1CC=C(C(c2ccccc2)c2ccccc2)OC1. The molecular formula is C18H16O2. The van der Waals surface area contributed by atoms with Crippen molar-refractivity contribution in [3.05, 3.63) is 83.6 Å². The Morgan fingerprint density at radius 3 is 1.85 bits per heavy atom. The Labute approximate surface area is 118 Å². The molecule has 2 aromatic rings. The quantitative estimate of drug-likeness (QED) is 0.845. The van der Waals surface area contributed by atoms with Crippen molar-refractivity contribution >= 4 is 5.78 Å². The number of ether oxygens (including phenoxy) is 1. The van der Waals surface area contributed by atoms with Crippen LogP contribution in [0.2, 0.25) is 0 Å². The van der Waals surface area contributed by atoms with Gasteiger partial charge in [0.1, 0.15) is 12.4 Å². The van der Waals surface area contributed by atoms with Gasteiger partial charge in [0.25, 0.3) is 0 Å². The van der Waals surface area contributed by atoms with Crippen LogP contribution in [0.25, 0.3) is 0 Å². The van der Waals surface area contributed by atoms with Crippen LogP contribution in [0.1, 0.15) is 23.5 Å². The Morgan fingerprint density at radius 2 is 1.40 bits per heavy atom. The molecule has 0 amide bonds. The predicted molar refractivity (Wildman–Crippen MR) is 78.4 cm³/mol. The monoisotopic (exact) mass is 264 g/mol. The van der Waals surface area contributed by atoms with E-state index < -0.39 is 0 Å². The highest BCUT2D eigenvalue weighted by atomic mass is 16.5. The third-order valence-electron chi connectivity index (χ3n) is 3.48. The summed E-state index contributed by atoms with van der Waals surface area (Å²) in [5, 5.41) is 0. The van der Waals surface area contributed by atoms with E-state index in [0.717, 1.165) is 5.76 Å². The highest BCUT2D eigenvalue weighted by Gasteiger charge is 2.23. The van der Waals surface area contributed by atoms with Crippen molar-refractivity contribution in [2.45, 2.75) is 12.3 Å². The van der Waals surface area contributed by atoms with Gasteiger partial charge in [0.05, 0.1) is 5.92 Å². The summed E-state index contributed by atoms with van der Waals surface area (Å²) in [6.45, 7) is 0.183. The maximum absolute atomic E-state index is 11.3. The van der Waals surface area contributed by atoms with Crippen molar-refractivity contribution in [3.8, 4) is 0 Å². The Balaban J connectivity index is 2.03. The van der Waals surface area contributed by atoms with E-state index in [4.69, 9.17) is 4.74 Å². The average Bonchev–Trinajstić information content (AvgIpc) is 2.52. The molecule has 0 N–H and O–H groups in total. The number of allylic oxidation sites excluding steroid dienone is 2. The summed E-state index contributed by atoms with van der Waals surface area (Å²) >= 11 is 0. The molecule has 0 spiro atoms. The Morgan fingerprint density at radius 1 is 0.850 bits per heavy atom. The third kappa shape index (κ3) is 2.64. The van der Waals surface area contributed by atoms with Gasteiger partial charge in [-0.2, -0.15) is 0 Å². The minimum Gasteiger partial charge on any atom is -0.489 e. The van der Waals surface area contributed by atoms with Gasteiger partial charge in [-0.25, -0.2) is 0 Å². The zero-order chi connectivity index (χ0) is 13.8. The first-order chi connectivity index (χ1) is 9.84. The van der Waals surface area contributed by atoms with E-state index in [-0.39, 0.29) is 18.3 Å². The molecule has 0 atom stereocenters. The van der Waals surface area contributed by atoms with Crippen LogP contribution in [-0.4, -0.2) is 12.4 Å². The van der Waals surface area contributed by atoms with Gasteiger partial charge in [0, 0.05) is 6.42 Å². The second-order valence-electron chi connectivity index (χ2n) is 4.89. The predicted octanol–water partition coefficient (Wildman–Crippen LogP) is 3.69. The van der Waals surface area contributed by atoms with Gasteiger partial charge >= 0.3 is 0 Å². The molecule has 0 fully saturated rings. The zero-order valence-corrected chi connectivity index (χ0v) is 11.2. The Kier molecular flexibility index (Phi) is 3.64. The Bertz CT molecular complexity index is 575. The molecule has 0 bridgehead atoms. The van der Waals surface area contributed by atoms with E-state index in [1.807, 2.05) is 42.5 Å². The number of hydrogen-bond acceptors (Lipinski definition) is 2. The van der Waals surface area contributed by atoms with E-state index in [0.29, 0.717) is 6.42 Å². The number of carbonyl (C=O) groups excluding carboxylic acids is 1. The van der Waals surface area contributed by atoms with E-state index in [1.54, 1.807) is 0 Å². The summed E-state index contributed by atoms with van der Waals surface area (Å²) in [7, 11) is 0. The molecule has 0 radical (unpaired) electrons. The van der Waals surface area contributed by atoms with Gasteiger partial charge in [0.2, 0.25) is 0 Å². The summed E-state index contributed by atoms with van der Waals surface area (Å²) in [5.74, 6) is 1.07. The van der Waals surface area contributed by atoms with Crippen LogP contribution in [0.15, 0.2) is 72.5 Å². The first kappa shape index (κ1) is 12.7. The Hall–Kier alpha value is -2.35. The molecule has 100 valence electrons. The van der Waals surface area contributed by atoms with E-state index in [2.05, 4.69) is 24.3 Å². The maximum atomic E-state index is 11.3. The highest BCUT2D eigenvalue weighted by molar-refractivity contribution is 5.82. The molecule has 0 aromatic heterocycles. The first-order valence-corrected chi connectivity index (χ1v) is 6.79. The van der Waals surface area contributed by atoms with E-state index >= 15 is 0 Å². The molecule has 0 saturated heterocycles. The van der Waals surface area contributed by atoms with Gasteiger partial charge in [-0.15, -0.1) is 0 Å². The van der Waals surface area contributed by atoms with Crippen molar-refractivity contribution < 1.29 is 9.53 Å². The second-order valence-corrected chi connectivity index (χ2v) is 4.89. The summed E-state index contributed by atoms with van der Waals surface area (Å²) in [4.78, 5) is 11.3. The number of hydrogen-bond donors (Lipinski definition) is 0. The van der Waals surface area contributed by atoms with Crippen molar-refractivity contribution in [3.63, 3.8) is 0 Å². The first-order valence-electron chi connectivity index (χ1n) is 6.79. The van der Waals surface area contributed by atoms with Crippen molar-refractivity contribution in [2.75, 3.05) is 6.61 Å². The summed E-state index contributed by atoms with van der Waals surface area (Å²) in [6, 6.07) is 20.5. The summed E-state index contributed by atoms with van der Waals surface area (Å²) in [5.41, 5.74) is 2.36. The minimum absolute atomic E-state index is 0.0606. The van der Waals surface area contributed by atoms with Crippen molar-refractivity contribution in [1.29, 1.82) is 0 Å². The number of rotatable bonds is 3. The fraction of sp³-hybridized carbons (Fsp3) is 0.167. The van der Waals surface area contributed by atoms with Gasteiger partial charge in [0.15, 0.2) is 5.78 Å². The minimum atomic E-state index is 0.0606. The molecule has 2 nitrogen and oxygen atoms in total. The molecule has 1 aliphatic rings. The van der Waals surface area contributed by atoms with E-state index in [9.17, 15) is 4.79 Å². The van der Waals surface area contributed by atoms with Crippen LogP contribution < -0.4 is 0 Å². The molecule has 3 rings (SSSR count). The van der Waals surface area contributed by atoms with Crippen LogP contribution >= 0.6 is 0 Å². The highest BCUT2D eigenvalue weighted by Crippen LogP contribution is 2.33. The lowest BCUT2D eigenvalue weighted by Gasteiger charge is -2.24. The van der Waals surface area contributed by atoms with E-state index in [1.165, 1.54) is 11.1 Å². The fourth-order valence-corrected chi connectivity index (χ4v) is 2.51. The van der Waals surface area contributed by atoms with Crippen LogP contribution in [-0.2, 0) is 9.53 Å². The zero-order valence-electron chi connectivity index (χ0n) is 11.2. The molecule has 1 aliphatic heterocycles. The van der Waals surface area contributed by atoms with Gasteiger partial charge in [-0.3, -0.25) is 4.79 Å². The van der Waals surface area contributed by atoms with Crippen LogP contribution in [0.4, 0.5) is 0 Å². The van der Waals surface area contributed by atoms with Crippen molar-refractivity contribution in [2.24, 2.45) is 0 Å². The summed E-state index contributed by atoms with van der Waals surface area (Å²) in [6.07, 6.45) is 2.38. The maximum Gasteiger partial charge on any atom is 0.174 e.